The third-order valence-electron chi connectivity index (χ3n) is 5.61. The van der Waals surface area contributed by atoms with Crippen molar-refractivity contribution in [3.8, 4) is 6.07 Å². The van der Waals surface area contributed by atoms with Gasteiger partial charge in [0, 0.05) is 42.8 Å². The second-order valence-electron chi connectivity index (χ2n) is 8.38. The molecule has 0 bridgehead atoms. The zero-order valence-corrected chi connectivity index (χ0v) is 18.8. The lowest BCUT2D eigenvalue weighted by Crippen LogP contribution is -2.54. The quantitative estimate of drug-likeness (QED) is 0.364. The summed E-state index contributed by atoms with van der Waals surface area (Å²) in [7, 11) is 1.71. The van der Waals surface area contributed by atoms with Gasteiger partial charge < -0.3 is 26.0 Å². The number of aliphatic hydroxyl groups excluding tert-OH is 1. The Morgan fingerprint density at radius 2 is 2.06 bits per heavy atom. The molecule has 1 unspecified atom stereocenters. The van der Waals surface area contributed by atoms with Crippen LogP contribution in [-0.4, -0.2) is 48.0 Å². The fraction of sp³-hybridized carbons (Fsp3) is 0.320. The molecule has 0 saturated heterocycles. The lowest BCUT2D eigenvalue weighted by Gasteiger charge is -2.45. The van der Waals surface area contributed by atoms with Crippen LogP contribution in [0.1, 0.15) is 41.3 Å². The van der Waals surface area contributed by atoms with Crippen LogP contribution in [0.2, 0.25) is 0 Å². The van der Waals surface area contributed by atoms with E-state index in [0.717, 1.165) is 0 Å². The maximum atomic E-state index is 13.8. The number of hydrogen-bond acceptors (Lipinski definition) is 6. The monoisotopic (exact) mass is 449 g/mol. The molecule has 0 fully saturated rings. The fourth-order valence-electron chi connectivity index (χ4n) is 4.29. The van der Waals surface area contributed by atoms with E-state index in [-0.39, 0.29) is 17.4 Å². The third kappa shape index (κ3) is 4.89. The van der Waals surface area contributed by atoms with Crippen molar-refractivity contribution in [1.29, 1.82) is 10.7 Å². The van der Waals surface area contributed by atoms with E-state index in [1.165, 1.54) is 24.4 Å². The summed E-state index contributed by atoms with van der Waals surface area (Å²) in [6.45, 7) is 4.44. The normalized spacial score (nSPS) is 19.0. The predicted octanol–water partition coefficient (Wildman–Crippen LogP) is 3.44. The summed E-state index contributed by atoms with van der Waals surface area (Å²) >= 11 is 0. The molecule has 1 amide bonds. The van der Waals surface area contributed by atoms with Crippen molar-refractivity contribution in [3.63, 3.8) is 0 Å². The van der Waals surface area contributed by atoms with E-state index in [2.05, 4.69) is 10.6 Å². The van der Waals surface area contributed by atoms with Gasteiger partial charge in [-0.1, -0.05) is 32.0 Å². The highest BCUT2D eigenvalue weighted by Gasteiger charge is 2.44. The molecule has 1 aliphatic heterocycles. The van der Waals surface area contributed by atoms with Crippen molar-refractivity contribution in [1.82, 2.24) is 10.2 Å². The molecular weight excluding hydrogens is 421 g/mol. The van der Waals surface area contributed by atoms with Crippen LogP contribution in [0.4, 0.5) is 10.1 Å². The molecule has 0 saturated carbocycles. The first-order chi connectivity index (χ1) is 15.8. The molecule has 1 aliphatic rings. The number of anilines is 1. The first kappa shape index (κ1) is 24.0. The van der Waals surface area contributed by atoms with E-state index in [0.29, 0.717) is 28.9 Å². The Balaban J connectivity index is 2.13. The van der Waals surface area contributed by atoms with Crippen molar-refractivity contribution >= 4 is 17.8 Å². The second-order valence-corrected chi connectivity index (χ2v) is 8.38. The van der Waals surface area contributed by atoms with Crippen molar-refractivity contribution in [2.45, 2.75) is 32.0 Å². The second kappa shape index (κ2) is 10.3. The minimum absolute atomic E-state index is 0.139. The molecule has 7 nitrogen and oxygen atoms in total. The highest BCUT2D eigenvalue weighted by atomic mass is 19.1. The van der Waals surface area contributed by atoms with E-state index in [1.54, 1.807) is 48.5 Å². The third-order valence-corrected chi connectivity index (χ3v) is 5.61. The highest BCUT2D eigenvalue weighted by Crippen LogP contribution is 2.39. The average molecular weight is 450 g/mol. The van der Waals surface area contributed by atoms with Gasteiger partial charge in [-0.2, -0.15) is 5.26 Å². The Kier molecular flexibility index (Phi) is 7.46. The molecule has 1 heterocycles. The van der Waals surface area contributed by atoms with Gasteiger partial charge in [0.2, 0.25) is 0 Å². The number of nitrogens with one attached hydrogen (secondary N) is 3. The van der Waals surface area contributed by atoms with E-state index >= 15 is 0 Å². The number of nitrogens with zero attached hydrogens (tertiary/aromatic N) is 2. The molecule has 2 aromatic rings. The largest absolute Gasteiger partial charge is 0.394 e. The van der Waals surface area contributed by atoms with E-state index in [4.69, 9.17) is 10.7 Å². The van der Waals surface area contributed by atoms with Gasteiger partial charge in [0.25, 0.3) is 5.91 Å². The van der Waals surface area contributed by atoms with Crippen molar-refractivity contribution in [2.75, 3.05) is 18.9 Å². The Morgan fingerprint density at radius 3 is 2.70 bits per heavy atom. The number of benzene rings is 2. The Morgan fingerprint density at radius 1 is 1.33 bits per heavy atom. The molecule has 33 heavy (non-hydrogen) atoms. The van der Waals surface area contributed by atoms with Crippen molar-refractivity contribution in [2.24, 2.45) is 5.92 Å². The summed E-state index contributed by atoms with van der Waals surface area (Å²) < 4.78 is 13.8. The lowest BCUT2D eigenvalue weighted by molar-refractivity contribution is 0.0521. The van der Waals surface area contributed by atoms with Crippen molar-refractivity contribution in [3.05, 3.63) is 76.7 Å². The molecule has 3 atom stereocenters. The molecule has 4 N–H and O–H groups in total. The Bertz CT molecular complexity index is 1110. The summed E-state index contributed by atoms with van der Waals surface area (Å²) in [4.78, 5) is 15.2. The maximum absolute atomic E-state index is 13.8. The van der Waals surface area contributed by atoms with Crippen molar-refractivity contribution < 1.29 is 14.3 Å². The topological polar surface area (TPSA) is 112 Å². The van der Waals surface area contributed by atoms with E-state index in [9.17, 15) is 14.3 Å². The first-order valence-electron chi connectivity index (χ1n) is 10.7. The number of halogens is 1. The molecule has 0 aromatic heterocycles. The maximum Gasteiger partial charge on any atom is 0.254 e. The summed E-state index contributed by atoms with van der Waals surface area (Å²) in [5.41, 5.74) is 1.91. The molecule has 2 aromatic carbocycles. The highest BCUT2D eigenvalue weighted by molar-refractivity contribution is 5.99. The number of carbonyl (C=O) groups excluding carboxylic acids is 1. The number of carbonyl (C=O) groups is 1. The van der Waals surface area contributed by atoms with Crippen LogP contribution in [0.15, 0.2) is 54.2 Å². The van der Waals surface area contributed by atoms with Gasteiger partial charge in [0.15, 0.2) is 0 Å². The van der Waals surface area contributed by atoms with E-state index in [1.807, 2.05) is 13.8 Å². The summed E-state index contributed by atoms with van der Waals surface area (Å²) in [6, 6.07) is 12.2. The van der Waals surface area contributed by atoms with Gasteiger partial charge in [0.1, 0.15) is 18.1 Å². The van der Waals surface area contributed by atoms with Crippen LogP contribution in [0.25, 0.3) is 0 Å². The van der Waals surface area contributed by atoms with Gasteiger partial charge >= 0.3 is 0 Å². The number of nitriles is 1. The average Bonchev–Trinajstić information content (AvgIpc) is 2.80. The predicted molar refractivity (Wildman–Crippen MR) is 126 cm³/mol. The van der Waals surface area contributed by atoms with Gasteiger partial charge in [-0.3, -0.25) is 4.79 Å². The minimum Gasteiger partial charge on any atom is -0.394 e. The SMILES string of the molecule is CN/C=C(\C=N)[C@@H]1[C@@H](C(O)Nc2ccc(F)c(C#N)c2)c2ccccc2C(=O)N1CC(C)C. The molecule has 0 spiro atoms. The van der Waals surface area contributed by atoms with Gasteiger partial charge in [-0.05, 0) is 35.7 Å². The van der Waals surface area contributed by atoms with Gasteiger partial charge in [-0.25, -0.2) is 4.39 Å². The molecule has 8 heteroatoms. The van der Waals surface area contributed by atoms with E-state index < -0.39 is 24.0 Å². The Hall–Kier alpha value is -3.70. The number of fused-ring (bicyclic) bond motifs is 1. The molecular formula is C25H28FN5O2. The number of aliphatic hydroxyl groups is 1. The zero-order valence-electron chi connectivity index (χ0n) is 18.8. The van der Waals surface area contributed by atoms with Gasteiger partial charge in [-0.15, -0.1) is 0 Å². The van der Waals surface area contributed by atoms with Crippen LogP contribution in [0.5, 0.6) is 0 Å². The number of rotatable bonds is 8. The van der Waals surface area contributed by atoms with Crippen LogP contribution < -0.4 is 10.6 Å². The molecule has 172 valence electrons. The minimum atomic E-state index is -1.20. The summed E-state index contributed by atoms with van der Waals surface area (Å²) in [5.74, 6) is -1.28. The molecule has 0 aliphatic carbocycles. The number of hydrogen-bond donors (Lipinski definition) is 4. The fourth-order valence-corrected chi connectivity index (χ4v) is 4.29. The van der Waals surface area contributed by atoms with Crippen LogP contribution in [0, 0.1) is 28.5 Å². The van der Waals surface area contributed by atoms with Crippen LogP contribution >= 0.6 is 0 Å². The summed E-state index contributed by atoms with van der Waals surface area (Å²) in [5, 5.41) is 34.4. The summed E-state index contributed by atoms with van der Waals surface area (Å²) in [6.07, 6.45) is 1.63. The van der Waals surface area contributed by atoms with Gasteiger partial charge in [0.05, 0.1) is 17.5 Å². The lowest BCUT2D eigenvalue weighted by atomic mass is 9.78. The first-order valence-corrected chi connectivity index (χ1v) is 10.7. The standard InChI is InChI=1S/C25H28FN5O2/c1-15(2)14-31-23(17(12-28)13-29-3)22(19-6-4-5-7-20(19)25(31)33)24(32)30-18-8-9-21(26)16(10-18)11-27/h4-10,12-13,15,22-24,28-30,32H,14H2,1-3H3/b17-13+,28-12?/t22-,23+,24?/m0/s1. The molecule has 3 rings (SSSR count). The molecule has 0 radical (unpaired) electrons. The number of amides is 1. The van der Waals surface area contributed by atoms with Crippen LogP contribution in [0.3, 0.4) is 0 Å². The zero-order chi connectivity index (χ0) is 24.1. The Labute approximate surface area is 193 Å². The van der Waals surface area contributed by atoms with Crippen LogP contribution in [-0.2, 0) is 0 Å². The smallest absolute Gasteiger partial charge is 0.254 e.